The Hall–Kier alpha value is -1.93. The molecular formula is C21H29ClN2O3. The highest BCUT2D eigenvalue weighted by molar-refractivity contribution is 6.31. The lowest BCUT2D eigenvalue weighted by Crippen LogP contribution is -2.77. The summed E-state index contributed by atoms with van der Waals surface area (Å²) >= 11 is 6.14. The molecule has 1 aliphatic rings. The molecule has 0 aliphatic heterocycles. The van der Waals surface area contributed by atoms with Gasteiger partial charge in [-0.15, -0.1) is 0 Å². The van der Waals surface area contributed by atoms with E-state index < -0.39 is 18.7 Å². The number of hydrogen-bond donors (Lipinski definition) is 0. The third kappa shape index (κ3) is 3.60. The van der Waals surface area contributed by atoms with Gasteiger partial charge in [-0.25, -0.2) is 4.79 Å². The minimum Gasteiger partial charge on any atom is -0.489 e. The summed E-state index contributed by atoms with van der Waals surface area (Å²) < 4.78 is 18.6. The zero-order valence-corrected chi connectivity index (χ0v) is 17.8. The lowest BCUT2D eigenvalue weighted by molar-refractivity contribution is -0.214. The first kappa shape index (κ1) is 19.8. The predicted molar refractivity (Wildman–Crippen MR) is 106 cm³/mol. The zero-order chi connectivity index (χ0) is 21.5. The summed E-state index contributed by atoms with van der Waals surface area (Å²) in [6, 6.07) is 6.91. The molecule has 27 heavy (non-hydrogen) atoms. The maximum Gasteiger partial charge on any atom is 0.410 e. The molecule has 0 radical (unpaired) electrons. The monoisotopic (exact) mass is 393 g/mol. The maximum absolute atomic E-state index is 12.7. The molecule has 0 heterocycles. The molecule has 0 unspecified atom stereocenters. The van der Waals surface area contributed by atoms with Crippen LogP contribution in [0.2, 0.25) is 5.02 Å². The topological polar surface area (TPSA) is 62.6 Å². The van der Waals surface area contributed by atoms with E-state index in [2.05, 4.69) is 27.7 Å². The van der Waals surface area contributed by atoms with E-state index in [-0.39, 0.29) is 23.0 Å². The number of ether oxygens (including phenoxy) is 2. The van der Waals surface area contributed by atoms with E-state index in [9.17, 15) is 4.79 Å². The van der Waals surface area contributed by atoms with Crippen molar-refractivity contribution in [3.8, 4) is 11.8 Å². The van der Waals surface area contributed by atoms with E-state index in [1.54, 1.807) is 23.1 Å². The second-order valence-electron chi connectivity index (χ2n) is 9.25. The molecule has 0 atom stereocenters. The van der Waals surface area contributed by atoms with Crippen LogP contribution in [-0.2, 0) is 4.74 Å². The third-order valence-corrected chi connectivity index (χ3v) is 5.69. The van der Waals surface area contributed by atoms with Gasteiger partial charge in [0.05, 0.1) is 25.1 Å². The quantitative estimate of drug-likeness (QED) is 0.702. The molecule has 0 aromatic heterocycles. The van der Waals surface area contributed by atoms with Gasteiger partial charge in [0.15, 0.2) is 0 Å². The van der Waals surface area contributed by atoms with E-state index in [1.807, 2.05) is 26.8 Å². The van der Waals surface area contributed by atoms with Gasteiger partial charge in [-0.2, -0.15) is 5.26 Å². The van der Waals surface area contributed by atoms with Crippen molar-refractivity contribution < 1.29 is 15.6 Å². The molecule has 0 N–H and O–H groups in total. The van der Waals surface area contributed by atoms with Crippen LogP contribution in [0, 0.1) is 22.2 Å². The summed E-state index contributed by atoms with van der Waals surface area (Å²) in [6.45, 7) is 14.1. The second kappa shape index (κ2) is 6.91. The summed E-state index contributed by atoms with van der Waals surface area (Å²) in [5.74, 6) is 0.588. The fourth-order valence-electron chi connectivity index (χ4n) is 4.71. The van der Waals surface area contributed by atoms with Crippen molar-refractivity contribution >= 4 is 17.7 Å². The predicted octanol–water partition coefficient (Wildman–Crippen LogP) is 5.26. The van der Waals surface area contributed by atoms with Crippen molar-refractivity contribution in [1.82, 2.24) is 4.90 Å². The van der Waals surface area contributed by atoms with Gasteiger partial charge in [0, 0.05) is 22.4 Å². The molecule has 148 valence electrons. The van der Waals surface area contributed by atoms with Gasteiger partial charge in [-0.3, -0.25) is 4.90 Å². The van der Waals surface area contributed by atoms with E-state index in [0.717, 1.165) is 0 Å². The highest BCUT2D eigenvalue weighted by Crippen LogP contribution is 2.59. The minimum absolute atomic E-state index is 0.155. The van der Waals surface area contributed by atoms with Crippen LogP contribution >= 0.6 is 11.6 Å². The summed E-state index contributed by atoms with van der Waals surface area (Å²) in [5.41, 5.74) is -0.832. The van der Waals surface area contributed by atoms with Crippen molar-refractivity contribution in [3.05, 3.63) is 28.8 Å². The van der Waals surface area contributed by atoms with E-state index >= 15 is 0 Å². The Morgan fingerprint density at radius 1 is 1.30 bits per heavy atom. The largest absolute Gasteiger partial charge is 0.489 e. The summed E-state index contributed by atoms with van der Waals surface area (Å²) in [4.78, 5) is 14.4. The number of methoxy groups -OCH3 is 1. The molecule has 0 spiro atoms. The second-order valence-corrected chi connectivity index (χ2v) is 9.65. The normalized spacial score (nSPS) is 23.4. The molecule has 1 saturated carbocycles. The van der Waals surface area contributed by atoms with Gasteiger partial charge in [0.2, 0.25) is 0 Å². The van der Waals surface area contributed by atoms with E-state index in [4.69, 9.17) is 27.7 Å². The number of halogens is 1. The summed E-state index contributed by atoms with van der Waals surface area (Å²) in [6.07, 6.45) is -0.684. The van der Waals surface area contributed by atoms with Gasteiger partial charge in [-0.05, 0) is 32.9 Å². The molecule has 1 fully saturated rings. The molecule has 0 bridgehead atoms. The Balaban J connectivity index is 2.35. The molecule has 6 heteroatoms. The minimum atomic E-state index is -0.492. The number of rotatable bonds is 3. The number of amides is 1. The first-order chi connectivity index (χ1) is 12.8. The van der Waals surface area contributed by atoms with Crippen LogP contribution in [0.5, 0.6) is 5.75 Å². The number of hydrogen-bond acceptors (Lipinski definition) is 4. The third-order valence-electron chi connectivity index (χ3n) is 5.38. The molecule has 1 aromatic carbocycles. The van der Waals surface area contributed by atoms with Crippen molar-refractivity contribution in [2.45, 2.75) is 66.2 Å². The number of carbonyl (C=O) groups is 1. The van der Waals surface area contributed by atoms with Crippen LogP contribution in [0.4, 0.5) is 4.79 Å². The number of benzene rings is 1. The lowest BCUT2D eigenvalue weighted by Gasteiger charge is -2.67. The van der Waals surface area contributed by atoms with Gasteiger partial charge in [0.25, 0.3) is 0 Å². The van der Waals surface area contributed by atoms with Crippen LogP contribution in [0.25, 0.3) is 0 Å². The standard InChI is InChI=1S/C21H29ClN2O3/c1-19(2,3)24(18(25)26-8)16-20(4,5)17(21(16,6)7)27-14-10-9-13(12-23)15(22)11-14/h9-11,16-17H,1-8H3/i8D. The van der Waals surface area contributed by atoms with Crippen LogP contribution in [-0.4, -0.2) is 35.8 Å². The van der Waals surface area contributed by atoms with Crippen LogP contribution in [0.15, 0.2) is 18.2 Å². The smallest absolute Gasteiger partial charge is 0.410 e. The number of nitrogens with zero attached hydrogens (tertiary/aromatic N) is 2. The average Bonchev–Trinajstić information content (AvgIpc) is 2.56. The molecule has 2 rings (SSSR count). The highest BCUT2D eigenvalue weighted by atomic mass is 35.5. The SMILES string of the molecule is [2H]COC(=O)N(C1C(C)(C)C(Oc2ccc(C#N)c(Cl)c2)C1(C)C)C(C)(C)C. The van der Waals surface area contributed by atoms with Gasteiger partial charge in [-0.1, -0.05) is 39.3 Å². The Bertz CT molecular complexity index is 780. The van der Waals surface area contributed by atoms with Crippen LogP contribution in [0.1, 0.15) is 55.4 Å². The number of carbonyl (C=O) groups excluding carboxylic acids is 1. The molecule has 1 aliphatic carbocycles. The fourth-order valence-corrected chi connectivity index (χ4v) is 4.92. The number of nitriles is 1. The average molecular weight is 394 g/mol. The zero-order valence-electron chi connectivity index (χ0n) is 18.1. The van der Waals surface area contributed by atoms with E-state index in [0.29, 0.717) is 16.3 Å². The van der Waals surface area contributed by atoms with Crippen molar-refractivity contribution in [2.75, 3.05) is 7.09 Å². The molecule has 0 saturated heterocycles. The Morgan fingerprint density at radius 3 is 2.33 bits per heavy atom. The maximum atomic E-state index is 12.7. The molecule has 1 aromatic rings. The van der Waals surface area contributed by atoms with E-state index in [1.165, 1.54) is 0 Å². The Labute approximate surface area is 168 Å². The van der Waals surface area contributed by atoms with Crippen LogP contribution < -0.4 is 4.74 Å². The Kier molecular flexibility index (Phi) is 5.07. The molecule has 1 amide bonds. The van der Waals surface area contributed by atoms with Crippen molar-refractivity contribution in [1.29, 1.82) is 5.26 Å². The van der Waals surface area contributed by atoms with Gasteiger partial charge >= 0.3 is 6.09 Å². The highest BCUT2D eigenvalue weighted by Gasteiger charge is 2.67. The first-order valence-corrected chi connectivity index (χ1v) is 9.28. The molecular weight excluding hydrogens is 364 g/mol. The Morgan fingerprint density at radius 2 is 1.89 bits per heavy atom. The fraction of sp³-hybridized carbons (Fsp3) is 0.619. The van der Waals surface area contributed by atoms with Gasteiger partial charge < -0.3 is 9.47 Å². The van der Waals surface area contributed by atoms with Crippen molar-refractivity contribution in [2.24, 2.45) is 10.8 Å². The summed E-state index contributed by atoms with van der Waals surface area (Å²) in [7, 11) is -0.414. The van der Waals surface area contributed by atoms with Gasteiger partial charge in [0.1, 0.15) is 17.9 Å². The van der Waals surface area contributed by atoms with Crippen molar-refractivity contribution in [3.63, 3.8) is 0 Å². The lowest BCUT2D eigenvalue weighted by atomic mass is 9.48. The first-order valence-electron chi connectivity index (χ1n) is 9.60. The molecule has 5 nitrogen and oxygen atoms in total. The van der Waals surface area contributed by atoms with Crippen LogP contribution in [0.3, 0.4) is 0 Å². The summed E-state index contributed by atoms with van der Waals surface area (Å²) in [5, 5.41) is 9.39.